The maximum Gasteiger partial charge on any atom is 0.274 e. The fourth-order valence-corrected chi connectivity index (χ4v) is 3.68. The van der Waals surface area contributed by atoms with Gasteiger partial charge in [-0.1, -0.05) is 35.5 Å². The number of amides is 1. The van der Waals surface area contributed by atoms with Crippen LogP contribution in [-0.4, -0.2) is 30.8 Å². The van der Waals surface area contributed by atoms with Crippen LogP contribution in [0.25, 0.3) is 0 Å². The molecule has 0 aliphatic rings. The second-order valence-corrected chi connectivity index (χ2v) is 8.13. The number of hydrogen-bond donors (Lipinski definition) is 2. The molecule has 0 unspecified atom stereocenters. The first kappa shape index (κ1) is 20.3. The van der Waals surface area contributed by atoms with E-state index in [0.29, 0.717) is 22.0 Å². The van der Waals surface area contributed by atoms with E-state index in [0.717, 1.165) is 10.7 Å². The van der Waals surface area contributed by atoms with Gasteiger partial charge in [0.1, 0.15) is 12.0 Å². The lowest BCUT2D eigenvalue weighted by atomic mass is 9.98. The van der Waals surface area contributed by atoms with Gasteiger partial charge in [-0.25, -0.2) is 4.98 Å². The van der Waals surface area contributed by atoms with Crippen molar-refractivity contribution in [3.8, 4) is 0 Å². The van der Waals surface area contributed by atoms with E-state index in [1.54, 1.807) is 38.0 Å². The lowest BCUT2D eigenvalue weighted by Crippen LogP contribution is -2.20. The molecule has 0 aliphatic heterocycles. The Morgan fingerprint density at radius 3 is 2.82 bits per heavy atom. The highest BCUT2D eigenvalue weighted by atomic mass is 35.5. The van der Waals surface area contributed by atoms with Crippen LogP contribution in [0.1, 0.15) is 35.5 Å². The minimum absolute atomic E-state index is 0.181. The van der Waals surface area contributed by atoms with E-state index in [1.165, 1.54) is 12.3 Å². The topological polar surface area (TPSA) is 92.9 Å². The number of aromatic nitrogens is 4. The lowest BCUT2D eigenvalue weighted by molar-refractivity contribution is 0.0785. The summed E-state index contributed by atoms with van der Waals surface area (Å²) in [4.78, 5) is 16.7. The summed E-state index contributed by atoms with van der Waals surface area (Å²) < 4.78 is 1.85. The number of nitrogens with one attached hydrogen (secondary N) is 1. The SMILES string of the molecule is Cn1cnnc1SCc1cccc(NC(=O)c2cc(C(C)(C)O)c(Cl)cn2)c1. The Morgan fingerprint density at radius 1 is 1.36 bits per heavy atom. The quantitative estimate of drug-likeness (QED) is 0.595. The highest BCUT2D eigenvalue weighted by Gasteiger charge is 2.22. The number of rotatable bonds is 6. The number of carbonyl (C=O) groups excluding carboxylic acids is 1. The van der Waals surface area contributed by atoms with Gasteiger partial charge in [0.25, 0.3) is 5.91 Å². The number of hydrogen-bond acceptors (Lipinski definition) is 6. The molecule has 7 nitrogen and oxygen atoms in total. The molecule has 1 amide bonds. The summed E-state index contributed by atoms with van der Waals surface area (Å²) >= 11 is 7.65. The van der Waals surface area contributed by atoms with Gasteiger partial charge in [-0.15, -0.1) is 10.2 Å². The molecule has 2 aromatic heterocycles. The van der Waals surface area contributed by atoms with E-state index in [9.17, 15) is 9.90 Å². The third kappa shape index (κ3) is 4.89. The molecule has 28 heavy (non-hydrogen) atoms. The van der Waals surface area contributed by atoms with E-state index in [-0.39, 0.29) is 11.6 Å². The first-order valence-corrected chi connectivity index (χ1v) is 9.86. The van der Waals surface area contributed by atoms with Gasteiger partial charge in [-0.3, -0.25) is 4.79 Å². The van der Waals surface area contributed by atoms with Gasteiger partial charge in [0.05, 0.1) is 10.6 Å². The zero-order chi connectivity index (χ0) is 20.3. The third-order valence-electron chi connectivity index (χ3n) is 3.97. The fraction of sp³-hybridized carbons (Fsp3) is 0.263. The van der Waals surface area contributed by atoms with Gasteiger partial charge >= 0.3 is 0 Å². The number of thioether (sulfide) groups is 1. The molecule has 0 bridgehead atoms. The summed E-state index contributed by atoms with van der Waals surface area (Å²) in [6.45, 7) is 3.21. The zero-order valence-electron chi connectivity index (χ0n) is 15.7. The molecule has 0 saturated heterocycles. The normalized spacial score (nSPS) is 11.5. The van der Waals surface area contributed by atoms with Crippen LogP contribution in [0, 0.1) is 0 Å². The van der Waals surface area contributed by atoms with Crippen LogP contribution in [0.15, 0.2) is 48.0 Å². The summed E-state index contributed by atoms with van der Waals surface area (Å²) in [5.41, 5.74) is 1.14. The summed E-state index contributed by atoms with van der Waals surface area (Å²) in [5, 5.41) is 22.1. The van der Waals surface area contributed by atoms with Crippen LogP contribution < -0.4 is 5.32 Å². The Morgan fingerprint density at radius 2 is 2.14 bits per heavy atom. The summed E-state index contributed by atoms with van der Waals surface area (Å²) in [7, 11) is 1.89. The Hall–Kier alpha value is -2.42. The number of aliphatic hydroxyl groups is 1. The molecule has 0 saturated carbocycles. The second kappa shape index (κ2) is 8.30. The number of nitrogens with zero attached hydrogens (tertiary/aromatic N) is 4. The van der Waals surface area contributed by atoms with E-state index >= 15 is 0 Å². The van der Waals surface area contributed by atoms with Crippen molar-refractivity contribution < 1.29 is 9.90 Å². The molecule has 2 N–H and O–H groups in total. The average Bonchev–Trinajstić information content (AvgIpc) is 3.04. The molecule has 3 rings (SSSR count). The lowest BCUT2D eigenvalue weighted by Gasteiger charge is -2.19. The molecule has 3 aromatic rings. The van der Waals surface area contributed by atoms with E-state index in [2.05, 4.69) is 20.5 Å². The monoisotopic (exact) mass is 417 g/mol. The van der Waals surface area contributed by atoms with Crippen LogP contribution in [0.3, 0.4) is 0 Å². The first-order chi connectivity index (χ1) is 13.2. The standard InChI is InChI=1S/C19H20ClN5O2S/c1-19(2,27)14-8-16(21-9-15(14)20)17(26)23-13-6-4-5-12(7-13)10-28-18-24-22-11-25(18)3/h4-9,11,27H,10H2,1-3H3,(H,23,26). The number of carbonyl (C=O) groups is 1. The minimum atomic E-state index is -1.17. The molecule has 2 heterocycles. The van der Waals surface area contributed by atoms with Crippen LogP contribution in [0.5, 0.6) is 0 Å². The van der Waals surface area contributed by atoms with Crippen molar-refractivity contribution in [2.45, 2.75) is 30.4 Å². The Labute approximate surface area is 172 Å². The predicted octanol–water partition coefficient (Wildman–Crippen LogP) is 3.64. The van der Waals surface area contributed by atoms with Crippen molar-refractivity contribution in [2.75, 3.05) is 5.32 Å². The highest BCUT2D eigenvalue weighted by molar-refractivity contribution is 7.98. The van der Waals surface area contributed by atoms with Gasteiger partial charge in [0.2, 0.25) is 0 Å². The number of anilines is 1. The van der Waals surface area contributed by atoms with Gasteiger partial charge in [-0.05, 0) is 37.6 Å². The number of pyridine rings is 1. The predicted molar refractivity (Wildman–Crippen MR) is 109 cm³/mol. The molecule has 0 atom stereocenters. The van der Waals surface area contributed by atoms with Crippen LogP contribution in [0.4, 0.5) is 5.69 Å². The number of aryl methyl sites for hydroxylation is 1. The number of benzene rings is 1. The van der Waals surface area contributed by atoms with Gasteiger partial charge in [-0.2, -0.15) is 0 Å². The summed E-state index contributed by atoms with van der Waals surface area (Å²) in [5.74, 6) is 0.318. The van der Waals surface area contributed by atoms with Crippen LogP contribution in [-0.2, 0) is 18.4 Å². The van der Waals surface area contributed by atoms with Crippen molar-refractivity contribution in [3.05, 3.63) is 64.7 Å². The Kier molecular flexibility index (Phi) is 6.02. The molecular weight excluding hydrogens is 398 g/mol. The minimum Gasteiger partial charge on any atom is -0.386 e. The largest absolute Gasteiger partial charge is 0.386 e. The van der Waals surface area contributed by atoms with Crippen LogP contribution in [0.2, 0.25) is 5.02 Å². The van der Waals surface area contributed by atoms with Crippen molar-refractivity contribution in [3.63, 3.8) is 0 Å². The van der Waals surface area contributed by atoms with E-state index in [4.69, 9.17) is 11.6 Å². The Bertz CT molecular complexity index is 1000. The smallest absolute Gasteiger partial charge is 0.274 e. The van der Waals surface area contributed by atoms with Gasteiger partial charge in [0, 0.05) is 30.2 Å². The van der Waals surface area contributed by atoms with Crippen molar-refractivity contribution >= 4 is 35.0 Å². The zero-order valence-corrected chi connectivity index (χ0v) is 17.3. The molecular formula is C19H20ClN5O2S. The van der Waals surface area contributed by atoms with Gasteiger partial charge < -0.3 is 15.0 Å². The molecule has 9 heteroatoms. The third-order valence-corrected chi connectivity index (χ3v) is 5.38. The molecule has 0 aliphatic carbocycles. The summed E-state index contributed by atoms with van der Waals surface area (Å²) in [6, 6.07) is 9.06. The second-order valence-electron chi connectivity index (χ2n) is 6.78. The molecule has 0 spiro atoms. The maximum atomic E-state index is 12.6. The number of halogens is 1. The first-order valence-electron chi connectivity index (χ1n) is 8.49. The maximum absolute atomic E-state index is 12.6. The molecule has 0 radical (unpaired) electrons. The summed E-state index contributed by atoms with van der Waals surface area (Å²) in [6.07, 6.45) is 3.03. The Balaban J connectivity index is 1.72. The fourth-order valence-electron chi connectivity index (χ4n) is 2.52. The van der Waals surface area contributed by atoms with Crippen molar-refractivity contribution in [1.29, 1.82) is 0 Å². The van der Waals surface area contributed by atoms with Gasteiger partial charge in [0.15, 0.2) is 5.16 Å². The molecule has 0 fully saturated rings. The van der Waals surface area contributed by atoms with Crippen molar-refractivity contribution in [1.82, 2.24) is 19.7 Å². The molecule has 146 valence electrons. The van der Waals surface area contributed by atoms with Crippen molar-refractivity contribution in [2.24, 2.45) is 7.05 Å². The van der Waals surface area contributed by atoms with E-state index in [1.807, 2.05) is 29.8 Å². The van der Waals surface area contributed by atoms with Crippen LogP contribution >= 0.6 is 23.4 Å². The highest BCUT2D eigenvalue weighted by Crippen LogP contribution is 2.28. The average molecular weight is 418 g/mol. The molecule has 1 aromatic carbocycles. The van der Waals surface area contributed by atoms with E-state index < -0.39 is 5.60 Å².